The number of amides is 1. The minimum absolute atomic E-state index is 0.189. The molecular weight excluding hydrogens is 480 g/mol. The SMILES string of the molecule is Cc1ccccc1-c1ncc(-c2ccccc2C)c(N[C@@H](Cc2ccc(OC(=O)N(C)C)cc2)C(=O)O)n1. The van der Waals surface area contributed by atoms with Gasteiger partial charge in [0.2, 0.25) is 0 Å². The van der Waals surface area contributed by atoms with E-state index in [-0.39, 0.29) is 6.42 Å². The van der Waals surface area contributed by atoms with Gasteiger partial charge in [-0.25, -0.2) is 19.6 Å². The number of hydrogen-bond donors (Lipinski definition) is 2. The molecule has 8 heteroatoms. The number of nitrogens with one attached hydrogen (secondary N) is 1. The number of benzene rings is 3. The van der Waals surface area contributed by atoms with E-state index in [0.29, 0.717) is 17.4 Å². The molecule has 0 fully saturated rings. The van der Waals surface area contributed by atoms with Gasteiger partial charge in [-0.3, -0.25) is 0 Å². The van der Waals surface area contributed by atoms with Crippen LogP contribution in [0.5, 0.6) is 5.75 Å². The number of hydrogen-bond acceptors (Lipinski definition) is 6. The van der Waals surface area contributed by atoms with Gasteiger partial charge in [-0.05, 0) is 48.2 Å². The van der Waals surface area contributed by atoms with Crippen molar-refractivity contribution in [3.05, 3.63) is 95.7 Å². The fourth-order valence-electron chi connectivity index (χ4n) is 4.00. The van der Waals surface area contributed by atoms with E-state index in [2.05, 4.69) is 10.3 Å². The molecule has 0 aliphatic heterocycles. The van der Waals surface area contributed by atoms with Gasteiger partial charge in [0.05, 0.1) is 0 Å². The van der Waals surface area contributed by atoms with Crippen molar-refractivity contribution >= 4 is 17.9 Å². The summed E-state index contributed by atoms with van der Waals surface area (Å²) >= 11 is 0. The van der Waals surface area contributed by atoms with E-state index >= 15 is 0 Å². The summed E-state index contributed by atoms with van der Waals surface area (Å²) in [6.45, 7) is 3.98. The number of rotatable bonds is 8. The number of aromatic nitrogens is 2. The predicted molar refractivity (Wildman–Crippen MR) is 147 cm³/mol. The first-order valence-electron chi connectivity index (χ1n) is 12.2. The largest absolute Gasteiger partial charge is 0.480 e. The lowest BCUT2D eigenvalue weighted by molar-refractivity contribution is -0.137. The summed E-state index contributed by atoms with van der Waals surface area (Å²) in [4.78, 5) is 34.9. The van der Waals surface area contributed by atoms with Gasteiger partial charge < -0.3 is 20.1 Å². The Morgan fingerprint density at radius 3 is 2.08 bits per heavy atom. The molecule has 1 heterocycles. The quantitative estimate of drug-likeness (QED) is 0.318. The zero-order chi connectivity index (χ0) is 27.2. The van der Waals surface area contributed by atoms with Gasteiger partial charge in [-0.2, -0.15) is 0 Å². The van der Waals surface area contributed by atoms with E-state index in [1.165, 1.54) is 4.90 Å². The van der Waals surface area contributed by atoms with Gasteiger partial charge in [0, 0.05) is 37.8 Å². The predicted octanol–water partition coefficient (Wildman–Crippen LogP) is 5.60. The third kappa shape index (κ3) is 6.15. The number of aryl methyl sites for hydroxylation is 2. The van der Waals surface area contributed by atoms with Crippen LogP contribution in [0.2, 0.25) is 0 Å². The molecule has 2 N–H and O–H groups in total. The summed E-state index contributed by atoms with van der Waals surface area (Å²) in [6.07, 6.45) is 1.44. The molecule has 0 saturated carbocycles. The monoisotopic (exact) mass is 510 g/mol. The molecule has 4 aromatic rings. The molecule has 1 aromatic heterocycles. The molecule has 1 amide bonds. The number of aliphatic carboxylic acids is 1. The zero-order valence-electron chi connectivity index (χ0n) is 21.8. The number of anilines is 1. The van der Waals surface area contributed by atoms with E-state index in [1.807, 2.05) is 62.4 Å². The lowest BCUT2D eigenvalue weighted by Crippen LogP contribution is -2.32. The van der Waals surface area contributed by atoms with Crippen LogP contribution in [-0.2, 0) is 11.2 Å². The summed E-state index contributed by atoms with van der Waals surface area (Å²) in [7, 11) is 3.20. The molecule has 0 unspecified atom stereocenters. The third-order valence-electron chi connectivity index (χ3n) is 6.15. The topological polar surface area (TPSA) is 105 Å². The second-order valence-corrected chi connectivity index (χ2v) is 9.23. The minimum Gasteiger partial charge on any atom is -0.480 e. The van der Waals surface area contributed by atoms with E-state index in [9.17, 15) is 14.7 Å². The molecular formula is C30H30N4O4. The Balaban J connectivity index is 1.67. The second-order valence-electron chi connectivity index (χ2n) is 9.23. The molecule has 0 aliphatic rings. The van der Waals surface area contributed by atoms with Crippen LogP contribution in [0.15, 0.2) is 79.0 Å². The molecule has 0 bridgehead atoms. The van der Waals surface area contributed by atoms with Crippen molar-refractivity contribution in [3.8, 4) is 28.3 Å². The Morgan fingerprint density at radius 2 is 1.50 bits per heavy atom. The standard InChI is InChI=1S/C30H30N4O4/c1-19-9-5-7-11-23(19)25-18-31-27(24-12-8-6-10-20(24)2)33-28(25)32-26(29(35)36)17-21-13-15-22(16-14-21)38-30(37)34(3)4/h5-16,18,26H,17H2,1-4H3,(H,35,36)(H,31,32,33)/t26-/m0/s1. The van der Waals surface area contributed by atoms with Gasteiger partial charge in [0.15, 0.2) is 5.82 Å². The third-order valence-corrected chi connectivity index (χ3v) is 6.15. The molecule has 0 saturated heterocycles. The molecule has 3 aromatic carbocycles. The lowest BCUT2D eigenvalue weighted by Gasteiger charge is -2.19. The molecule has 1 atom stereocenters. The van der Waals surface area contributed by atoms with Gasteiger partial charge in [0.1, 0.15) is 17.6 Å². The maximum Gasteiger partial charge on any atom is 0.414 e. The van der Waals surface area contributed by atoms with Crippen LogP contribution in [0.3, 0.4) is 0 Å². The highest BCUT2D eigenvalue weighted by atomic mass is 16.6. The van der Waals surface area contributed by atoms with E-state index in [4.69, 9.17) is 9.72 Å². The first kappa shape index (κ1) is 26.3. The lowest BCUT2D eigenvalue weighted by atomic mass is 10.0. The van der Waals surface area contributed by atoms with Crippen LogP contribution in [0.4, 0.5) is 10.6 Å². The number of nitrogens with zero attached hydrogens (tertiary/aromatic N) is 3. The van der Waals surface area contributed by atoms with Crippen molar-refractivity contribution < 1.29 is 19.4 Å². The van der Waals surface area contributed by atoms with Crippen molar-refractivity contribution in [2.24, 2.45) is 0 Å². The maximum absolute atomic E-state index is 12.3. The van der Waals surface area contributed by atoms with Gasteiger partial charge >= 0.3 is 12.1 Å². The Kier molecular flexibility index (Phi) is 8.01. The molecule has 38 heavy (non-hydrogen) atoms. The smallest absolute Gasteiger partial charge is 0.414 e. The molecule has 0 radical (unpaired) electrons. The summed E-state index contributed by atoms with van der Waals surface area (Å²) in [5.74, 6) is 0.323. The molecule has 194 valence electrons. The number of ether oxygens (including phenoxy) is 1. The Hall–Kier alpha value is -4.72. The summed E-state index contributed by atoms with van der Waals surface area (Å²) in [6, 6.07) is 21.5. The minimum atomic E-state index is -1.01. The zero-order valence-corrected chi connectivity index (χ0v) is 21.8. The van der Waals surface area contributed by atoms with Crippen molar-refractivity contribution in [2.75, 3.05) is 19.4 Å². The van der Waals surface area contributed by atoms with Gasteiger partial charge in [0.25, 0.3) is 0 Å². The Labute approximate surface area is 222 Å². The van der Waals surface area contributed by atoms with Crippen molar-refractivity contribution in [1.82, 2.24) is 14.9 Å². The molecule has 8 nitrogen and oxygen atoms in total. The number of carbonyl (C=O) groups excluding carboxylic acids is 1. The van der Waals surface area contributed by atoms with Crippen molar-refractivity contribution in [3.63, 3.8) is 0 Å². The van der Waals surface area contributed by atoms with Crippen LogP contribution >= 0.6 is 0 Å². The summed E-state index contributed by atoms with van der Waals surface area (Å²) < 4.78 is 5.26. The maximum atomic E-state index is 12.3. The molecule has 0 aliphatic carbocycles. The van der Waals surface area contributed by atoms with Crippen LogP contribution in [-0.4, -0.2) is 52.2 Å². The van der Waals surface area contributed by atoms with Crippen LogP contribution in [0, 0.1) is 13.8 Å². The fraction of sp³-hybridized carbons (Fsp3) is 0.200. The van der Waals surface area contributed by atoms with E-state index in [0.717, 1.165) is 33.4 Å². The first-order chi connectivity index (χ1) is 18.2. The van der Waals surface area contributed by atoms with Crippen LogP contribution in [0.25, 0.3) is 22.5 Å². The normalized spacial score (nSPS) is 11.5. The fourth-order valence-corrected chi connectivity index (χ4v) is 4.00. The Bertz CT molecular complexity index is 1450. The number of carboxylic acids is 1. The van der Waals surface area contributed by atoms with Crippen molar-refractivity contribution in [1.29, 1.82) is 0 Å². The van der Waals surface area contributed by atoms with Gasteiger partial charge in [-0.15, -0.1) is 0 Å². The van der Waals surface area contributed by atoms with Crippen molar-refractivity contribution in [2.45, 2.75) is 26.3 Å². The summed E-state index contributed by atoms with van der Waals surface area (Å²) in [5.41, 5.74) is 5.33. The highest BCUT2D eigenvalue weighted by molar-refractivity contribution is 5.83. The average Bonchev–Trinajstić information content (AvgIpc) is 2.90. The highest BCUT2D eigenvalue weighted by Crippen LogP contribution is 2.32. The van der Waals surface area contributed by atoms with E-state index in [1.54, 1.807) is 44.6 Å². The highest BCUT2D eigenvalue weighted by Gasteiger charge is 2.22. The van der Waals surface area contributed by atoms with Crippen LogP contribution in [0.1, 0.15) is 16.7 Å². The first-order valence-corrected chi connectivity index (χ1v) is 12.2. The van der Waals surface area contributed by atoms with E-state index < -0.39 is 18.1 Å². The number of carbonyl (C=O) groups is 2. The summed E-state index contributed by atoms with van der Waals surface area (Å²) in [5, 5.41) is 13.3. The Morgan fingerprint density at radius 1 is 0.895 bits per heavy atom. The van der Waals surface area contributed by atoms with Crippen LogP contribution < -0.4 is 10.1 Å². The van der Waals surface area contributed by atoms with Gasteiger partial charge in [-0.1, -0.05) is 60.7 Å². The molecule has 4 rings (SSSR count). The average molecular weight is 511 g/mol. The second kappa shape index (κ2) is 11.6. The molecule has 0 spiro atoms. The number of carboxylic acid groups (broad SMARTS) is 1.